The fourth-order valence-corrected chi connectivity index (χ4v) is 4.10. The molecule has 1 aromatic heterocycles. The topological polar surface area (TPSA) is 91.0 Å². The third kappa shape index (κ3) is 4.89. The Balaban J connectivity index is 1.39. The molecule has 1 aliphatic heterocycles. The zero-order valence-electron chi connectivity index (χ0n) is 18.7. The third-order valence-corrected chi connectivity index (χ3v) is 5.81. The predicted molar refractivity (Wildman–Crippen MR) is 138 cm³/mol. The van der Waals surface area contributed by atoms with Gasteiger partial charge >= 0.3 is 0 Å². The molecule has 0 bridgehead atoms. The minimum Gasteiger partial charge on any atom is -0.381 e. The highest BCUT2D eigenvalue weighted by molar-refractivity contribution is 6.00. The van der Waals surface area contributed by atoms with Crippen molar-refractivity contribution in [2.45, 2.75) is 12.5 Å². The first kappa shape index (κ1) is 21.6. The lowest BCUT2D eigenvalue weighted by Gasteiger charge is -2.14. The second-order valence-electron chi connectivity index (χ2n) is 8.25. The number of nitrogens with one attached hydrogen (secondary N) is 4. The van der Waals surface area contributed by atoms with Crippen LogP contribution in [0.5, 0.6) is 0 Å². The van der Waals surface area contributed by atoms with Crippen LogP contribution in [0.2, 0.25) is 0 Å². The molecule has 1 saturated heterocycles. The van der Waals surface area contributed by atoms with Crippen LogP contribution in [0.25, 0.3) is 22.0 Å². The number of anilines is 4. The first-order valence-electron chi connectivity index (χ1n) is 11.3. The van der Waals surface area contributed by atoms with E-state index in [0.717, 1.165) is 52.9 Å². The highest BCUT2D eigenvalue weighted by Crippen LogP contribution is 2.30. The molecule has 0 spiro atoms. The Morgan fingerprint density at radius 2 is 1.85 bits per heavy atom. The third-order valence-electron chi connectivity index (χ3n) is 5.81. The molecule has 0 unspecified atom stereocenters. The van der Waals surface area contributed by atoms with Gasteiger partial charge in [-0.05, 0) is 61.0 Å². The lowest BCUT2D eigenvalue weighted by Crippen LogP contribution is -2.21. The van der Waals surface area contributed by atoms with Gasteiger partial charge in [0.05, 0.1) is 5.52 Å². The molecular formula is C27H26N6O. The van der Waals surface area contributed by atoms with E-state index in [-0.39, 0.29) is 5.91 Å². The van der Waals surface area contributed by atoms with Crippen LogP contribution in [0.4, 0.5) is 23.0 Å². The maximum atomic E-state index is 11.7. The summed E-state index contributed by atoms with van der Waals surface area (Å²) in [5.41, 5.74) is 5.47. The van der Waals surface area contributed by atoms with Gasteiger partial charge in [-0.3, -0.25) is 4.79 Å². The van der Waals surface area contributed by atoms with Gasteiger partial charge in [-0.15, -0.1) is 0 Å². The Bertz CT molecular complexity index is 1330. The molecule has 1 atom stereocenters. The van der Waals surface area contributed by atoms with Crippen molar-refractivity contribution >= 4 is 39.8 Å². The molecule has 3 aromatic carbocycles. The van der Waals surface area contributed by atoms with Crippen molar-refractivity contribution in [3.05, 3.63) is 85.6 Å². The maximum absolute atomic E-state index is 11.7. The number of hydrogen-bond donors (Lipinski definition) is 4. The number of aromatic nitrogens is 2. The lowest BCUT2D eigenvalue weighted by molar-refractivity contribution is -0.111. The lowest BCUT2D eigenvalue weighted by atomic mass is 10.0. The van der Waals surface area contributed by atoms with Crippen molar-refractivity contribution < 1.29 is 4.79 Å². The fourth-order valence-electron chi connectivity index (χ4n) is 4.10. The van der Waals surface area contributed by atoms with Gasteiger partial charge in [0.15, 0.2) is 0 Å². The summed E-state index contributed by atoms with van der Waals surface area (Å²) in [5.74, 6) is 0.279. The number of rotatable bonds is 7. The molecule has 4 aromatic rings. The smallest absolute Gasteiger partial charge is 0.247 e. The summed E-state index contributed by atoms with van der Waals surface area (Å²) in [4.78, 5) is 21.0. The highest BCUT2D eigenvalue weighted by atomic mass is 16.1. The molecule has 170 valence electrons. The number of nitrogens with zero attached hydrogens (tertiary/aromatic N) is 2. The SMILES string of the molecule is C=CC(=O)Nc1cccc(-c2cccc3cnc(Nc4ccc(N[C@@H]5CCNC5)cc4)nc23)c1. The summed E-state index contributed by atoms with van der Waals surface area (Å²) in [7, 11) is 0. The van der Waals surface area contributed by atoms with Gasteiger partial charge in [0.1, 0.15) is 0 Å². The minimum absolute atomic E-state index is 0.245. The summed E-state index contributed by atoms with van der Waals surface area (Å²) >= 11 is 0. The standard InChI is InChI=1S/C27H26N6O/c1-2-25(34)31-22-7-3-5-18(15-22)24-8-4-6-19-16-29-27(33-26(19)24)32-21-11-9-20(10-12-21)30-23-13-14-28-17-23/h2-12,15-16,23,28,30H,1,13-14,17H2,(H,31,34)(H,29,32,33)/t23-/m1/s1. The molecule has 7 nitrogen and oxygen atoms in total. The molecule has 2 heterocycles. The Morgan fingerprint density at radius 3 is 2.65 bits per heavy atom. The van der Waals surface area contributed by atoms with Gasteiger partial charge in [-0.25, -0.2) is 9.97 Å². The van der Waals surface area contributed by atoms with Gasteiger partial charge in [0.2, 0.25) is 11.9 Å². The molecule has 1 aliphatic rings. The van der Waals surface area contributed by atoms with Gasteiger partial charge in [-0.1, -0.05) is 36.9 Å². The molecule has 0 saturated carbocycles. The summed E-state index contributed by atoms with van der Waals surface area (Å²) in [6, 6.07) is 22.3. The van der Waals surface area contributed by atoms with E-state index in [1.165, 1.54) is 6.08 Å². The van der Waals surface area contributed by atoms with Gasteiger partial charge in [0.25, 0.3) is 0 Å². The van der Waals surface area contributed by atoms with E-state index in [9.17, 15) is 4.79 Å². The van der Waals surface area contributed by atoms with E-state index in [1.54, 1.807) is 0 Å². The van der Waals surface area contributed by atoms with Gasteiger partial charge < -0.3 is 21.3 Å². The number of fused-ring (bicyclic) bond motifs is 1. The van der Waals surface area contributed by atoms with E-state index in [1.807, 2.05) is 60.8 Å². The van der Waals surface area contributed by atoms with Crippen LogP contribution in [-0.2, 0) is 4.79 Å². The zero-order chi connectivity index (χ0) is 23.3. The number of carbonyl (C=O) groups is 1. The van der Waals surface area contributed by atoms with Crippen LogP contribution < -0.4 is 21.3 Å². The first-order chi connectivity index (χ1) is 16.7. The molecule has 0 aliphatic carbocycles. The van der Waals surface area contributed by atoms with E-state index in [2.05, 4.69) is 45.0 Å². The summed E-state index contributed by atoms with van der Waals surface area (Å²) in [6.45, 7) is 5.57. The van der Waals surface area contributed by atoms with Gasteiger partial charge in [-0.2, -0.15) is 0 Å². The average molecular weight is 451 g/mol. The van der Waals surface area contributed by atoms with Gasteiger partial charge in [0, 0.05) is 46.8 Å². The van der Waals surface area contributed by atoms with Crippen molar-refractivity contribution in [2.75, 3.05) is 29.0 Å². The van der Waals surface area contributed by atoms with Crippen molar-refractivity contribution in [1.29, 1.82) is 0 Å². The van der Waals surface area contributed by atoms with Crippen LogP contribution in [0.1, 0.15) is 6.42 Å². The summed E-state index contributed by atoms with van der Waals surface area (Å²) in [6.07, 6.45) is 4.21. The Kier molecular flexibility index (Phi) is 6.18. The normalized spacial score (nSPS) is 15.1. The molecular weight excluding hydrogens is 424 g/mol. The Labute approximate surface area is 198 Å². The minimum atomic E-state index is -0.245. The second kappa shape index (κ2) is 9.72. The monoisotopic (exact) mass is 450 g/mol. The number of benzene rings is 3. The molecule has 1 amide bonds. The molecule has 34 heavy (non-hydrogen) atoms. The Morgan fingerprint density at radius 1 is 1.03 bits per heavy atom. The van der Waals surface area contributed by atoms with E-state index < -0.39 is 0 Å². The molecule has 1 fully saturated rings. The second-order valence-corrected chi connectivity index (χ2v) is 8.25. The van der Waals surface area contributed by atoms with Crippen molar-refractivity contribution in [3.63, 3.8) is 0 Å². The van der Waals surface area contributed by atoms with Crippen LogP contribution in [0.3, 0.4) is 0 Å². The number of carbonyl (C=O) groups excluding carboxylic acids is 1. The quantitative estimate of drug-likeness (QED) is 0.298. The van der Waals surface area contributed by atoms with E-state index in [0.29, 0.717) is 17.7 Å². The molecule has 4 N–H and O–H groups in total. The fraction of sp³-hybridized carbons (Fsp3) is 0.148. The first-order valence-corrected chi connectivity index (χ1v) is 11.3. The van der Waals surface area contributed by atoms with E-state index in [4.69, 9.17) is 4.98 Å². The van der Waals surface area contributed by atoms with Crippen molar-refractivity contribution in [1.82, 2.24) is 15.3 Å². The van der Waals surface area contributed by atoms with Crippen LogP contribution in [0.15, 0.2) is 85.6 Å². The average Bonchev–Trinajstić information content (AvgIpc) is 3.38. The van der Waals surface area contributed by atoms with Crippen molar-refractivity contribution in [3.8, 4) is 11.1 Å². The van der Waals surface area contributed by atoms with Crippen molar-refractivity contribution in [2.24, 2.45) is 0 Å². The molecule has 5 rings (SSSR count). The maximum Gasteiger partial charge on any atom is 0.247 e. The number of para-hydroxylation sites is 1. The van der Waals surface area contributed by atoms with E-state index >= 15 is 0 Å². The molecule has 0 radical (unpaired) electrons. The van der Waals surface area contributed by atoms with Crippen LogP contribution in [0, 0.1) is 0 Å². The number of hydrogen-bond acceptors (Lipinski definition) is 6. The predicted octanol–water partition coefficient (Wildman–Crippen LogP) is 4.94. The van der Waals surface area contributed by atoms with Crippen LogP contribution >= 0.6 is 0 Å². The summed E-state index contributed by atoms with van der Waals surface area (Å²) in [5, 5.41) is 14.0. The molecule has 7 heteroatoms. The largest absolute Gasteiger partial charge is 0.381 e. The highest BCUT2D eigenvalue weighted by Gasteiger charge is 2.13. The summed E-state index contributed by atoms with van der Waals surface area (Å²) < 4.78 is 0. The van der Waals surface area contributed by atoms with Crippen LogP contribution in [-0.4, -0.2) is 35.0 Å². The zero-order valence-corrected chi connectivity index (χ0v) is 18.7. The Hall–Kier alpha value is -4.23. The number of amides is 1.